The highest BCUT2D eigenvalue weighted by molar-refractivity contribution is 5.99. The lowest BCUT2D eigenvalue weighted by molar-refractivity contribution is -0.195. The zero-order valence-corrected chi connectivity index (χ0v) is 16.3. The topological polar surface area (TPSA) is 68.5 Å². The highest BCUT2D eigenvalue weighted by atomic mass is 16.5. The summed E-state index contributed by atoms with van der Waals surface area (Å²) in [4.78, 5) is 25.7. The van der Waals surface area contributed by atoms with Crippen LogP contribution in [0.15, 0.2) is 6.07 Å². The Morgan fingerprint density at radius 1 is 1.19 bits per heavy atom. The maximum atomic E-state index is 13.0. The summed E-state index contributed by atoms with van der Waals surface area (Å²) in [5.74, 6) is 0.472. The van der Waals surface area contributed by atoms with Crippen molar-refractivity contribution in [3.63, 3.8) is 0 Å². The molecule has 1 heterocycles. The van der Waals surface area contributed by atoms with E-state index in [-0.39, 0.29) is 18.4 Å². The fourth-order valence-corrected chi connectivity index (χ4v) is 6.77. The first-order chi connectivity index (χ1) is 12.8. The quantitative estimate of drug-likeness (QED) is 0.635. The molecular formula is C22H29NO4. The molecule has 27 heavy (non-hydrogen) atoms. The van der Waals surface area contributed by atoms with Gasteiger partial charge in [0.05, 0.1) is 11.0 Å². The van der Waals surface area contributed by atoms with Crippen molar-refractivity contribution in [2.75, 3.05) is 6.61 Å². The minimum atomic E-state index is -0.692. The van der Waals surface area contributed by atoms with E-state index in [0.717, 1.165) is 43.5 Å². The maximum absolute atomic E-state index is 13.0. The summed E-state index contributed by atoms with van der Waals surface area (Å²) >= 11 is 0. The molecule has 0 saturated heterocycles. The number of esters is 1. The molecule has 1 aromatic heterocycles. The van der Waals surface area contributed by atoms with Gasteiger partial charge in [-0.25, -0.2) is 0 Å². The lowest BCUT2D eigenvalue weighted by atomic mass is 9.48. The van der Waals surface area contributed by atoms with Gasteiger partial charge in [-0.05, 0) is 83.1 Å². The Labute approximate surface area is 160 Å². The van der Waals surface area contributed by atoms with E-state index in [4.69, 9.17) is 4.74 Å². The molecule has 0 aromatic carbocycles. The van der Waals surface area contributed by atoms with Crippen molar-refractivity contribution in [3.05, 3.63) is 23.0 Å². The van der Waals surface area contributed by atoms with Crippen molar-refractivity contribution < 1.29 is 19.4 Å². The highest BCUT2D eigenvalue weighted by Gasteiger charge is 2.60. The predicted molar refractivity (Wildman–Crippen MR) is 99.5 cm³/mol. The van der Waals surface area contributed by atoms with E-state index >= 15 is 0 Å². The number of carbonyl (C=O) groups excluding carboxylic acids is 2. The Morgan fingerprint density at radius 3 is 2.44 bits per heavy atom. The number of rotatable bonds is 5. The number of nitrogens with zero attached hydrogens (tertiary/aromatic N) is 1. The van der Waals surface area contributed by atoms with Crippen LogP contribution in [0.4, 0.5) is 0 Å². The second-order valence-corrected chi connectivity index (χ2v) is 9.85. The van der Waals surface area contributed by atoms with Crippen LogP contribution in [-0.2, 0) is 9.53 Å². The summed E-state index contributed by atoms with van der Waals surface area (Å²) in [6.45, 7) is 3.82. The summed E-state index contributed by atoms with van der Waals surface area (Å²) in [5.41, 5.74) is 1.51. The molecule has 5 fully saturated rings. The molecule has 5 saturated carbocycles. The fraction of sp³-hybridized carbons (Fsp3) is 0.727. The first-order valence-electron chi connectivity index (χ1n) is 10.4. The van der Waals surface area contributed by atoms with Crippen molar-refractivity contribution in [1.29, 1.82) is 0 Å². The normalized spacial score (nSPS) is 36.9. The third-order valence-electron chi connectivity index (χ3n) is 7.49. The second-order valence-electron chi connectivity index (χ2n) is 9.85. The summed E-state index contributed by atoms with van der Waals surface area (Å²) in [7, 11) is 0. The van der Waals surface area contributed by atoms with Crippen molar-refractivity contribution in [3.8, 4) is 0 Å². The number of ketones is 1. The Kier molecular flexibility index (Phi) is 3.69. The van der Waals surface area contributed by atoms with E-state index in [9.17, 15) is 14.7 Å². The number of hydrogen-bond donors (Lipinski definition) is 1. The van der Waals surface area contributed by atoms with Gasteiger partial charge < -0.3 is 14.4 Å². The lowest BCUT2D eigenvalue weighted by Crippen LogP contribution is -2.58. The van der Waals surface area contributed by atoms with Gasteiger partial charge in [-0.15, -0.1) is 0 Å². The standard InChI is InChI=1S/C22H29NO4/c1-13-5-18(14(2)23(13)17-3-4-17)19(24)11-27-20(25)21-7-15-6-16(8-21)10-22(26,9-15)12-21/h5,15-17,26H,3-4,6-12H2,1-2H3/t15-,16-,21?,22?/m1/s1. The van der Waals surface area contributed by atoms with E-state index in [1.807, 2.05) is 19.9 Å². The Balaban J connectivity index is 1.29. The number of hydrogen-bond acceptors (Lipinski definition) is 4. The molecule has 0 aliphatic heterocycles. The SMILES string of the molecule is Cc1cc(C(=O)COC(=O)C23C[C@H]4C[C@@H](CC(O)(C4)C2)C3)c(C)n1C1CC1. The molecule has 5 nitrogen and oxygen atoms in total. The van der Waals surface area contributed by atoms with Gasteiger partial charge in [-0.3, -0.25) is 9.59 Å². The molecule has 0 unspecified atom stereocenters. The zero-order chi connectivity index (χ0) is 19.0. The van der Waals surface area contributed by atoms with Crippen LogP contribution in [0.25, 0.3) is 0 Å². The molecule has 5 aliphatic rings. The minimum absolute atomic E-state index is 0.119. The van der Waals surface area contributed by atoms with E-state index in [1.165, 1.54) is 12.8 Å². The van der Waals surface area contributed by atoms with Gasteiger partial charge in [0.1, 0.15) is 0 Å². The molecule has 146 valence electrons. The number of ether oxygens (including phenoxy) is 1. The Hall–Kier alpha value is -1.62. The molecule has 5 heteroatoms. The molecular weight excluding hydrogens is 342 g/mol. The summed E-state index contributed by atoms with van der Waals surface area (Å²) in [5, 5.41) is 10.8. The Bertz CT molecular complexity index is 805. The van der Waals surface area contributed by atoms with E-state index in [2.05, 4.69) is 4.57 Å². The molecule has 2 atom stereocenters. The van der Waals surface area contributed by atoms with Crippen LogP contribution in [-0.4, -0.2) is 33.6 Å². The number of aromatic nitrogens is 1. The maximum Gasteiger partial charge on any atom is 0.312 e. The summed E-state index contributed by atoms with van der Waals surface area (Å²) < 4.78 is 7.80. The van der Waals surface area contributed by atoms with Crippen molar-refractivity contribution in [2.24, 2.45) is 17.3 Å². The van der Waals surface area contributed by atoms with Crippen LogP contribution >= 0.6 is 0 Å². The second kappa shape index (κ2) is 5.69. The van der Waals surface area contributed by atoms with Crippen LogP contribution < -0.4 is 0 Å². The molecule has 6 rings (SSSR count). The van der Waals surface area contributed by atoms with Crippen LogP contribution in [0.3, 0.4) is 0 Å². The number of Topliss-reactive ketones (excluding diaryl/α,β-unsaturated/α-hetero) is 1. The number of carbonyl (C=O) groups is 2. The highest BCUT2D eigenvalue weighted by Crippen LogP contribution is 2.62. The smallest absolute Gasteiger partial charge is 0.312 e. The van der Waals surface area contributed by atoms with Crippen molar-refractivity contribution in [2.45, 2.75) is 76.9 Å². The van der Waals surface area contributed by atoms with E-state index in [0.29, 0.717) is 29.9 Å². The Morgan fingerprint density at radius 2 is 1.85 bits per heavy atom. The molecule has 4 bridgehead atoms. The van der Waals surface area contributed by atoms with Gasteiger partial charge in [0, 0.05) is 23.0 Å². The van der Waals surface area contributed by atoms with Gasteiger partial charge in [0.25, 0.3) is 0 Å². The van der Waals surface area contributed by atoms with Gasteiger partial charge in [0.2, 0.25) is 5.78 Å². The van der Waals surface area contributed by atoms with Crippen molar-refractivity contribution >= 4 is 11.8 Å². The molecule has 1 aromatic rings. The van der Waals surface area contributed by atoms with Gasteiger partial charge >= 0.3 is 5.97 Å². The fourth-order valence-electron chi connectivity index (χ4n) is 6.77. The number of aryl methyl sites for hydroxylation is 1. The average molecular weight is 371 g/mol. The zero-order valence-electron chi connectivity index (χ0n) is 16.3. The van der Waals surface area contributed by atoms with Crippen LogP contribution in [0, 0.1) is 31.1 Å². The van der Waals surface area contributed by atoms with E-state index < -0.39 is 11.0 Å². The van der Waals surface area contributed by atoms with Gasteiger partial charge in [-0.1, -0.05) is 0 Å². The molecule has 5 aliphatic carbocycles. The van der Waals surface area contributed by atoms with Crippen LogP contribution in [0.1, 0.15) is 79.2 Å². The summed E-state index contributed by atoms with van der Waals surface area (Å²) in [6.07, 6.45) is 7.26. The van der Waals surface area contributed by atoms with Gasteiger partial charge in [-0.2, -0.15) is 0 Å². The molecule has 0 spiro atoms. The minimum Gasteiger partial charge on any atom is -0.457 e. The lowest BCUT2D eigenvalue weighted by Gasteiger charge is -2.58. The summed E-state index contributed by atoms with van der Waals surface area (Å²) in [6, 6.07) is 2.46. The largest absolute Gasteiger partial charge is 0.457 e. The van der Waals surface area contributed by atoms with E-state index in [1.54, 1.807) is 0 Å². The average Bonchev–Trinajstić information content (AvgIpc) is 3.35. The van der Waals surface area contributed by atoms with Crippen molar-refractivity contribution in [1.82, 2.24) is 4.57 Å². The van der Waals surface area contributed by atoms with Gasteiger partial charge in [0.15, 0.2) is 6.61 Å². The first kappa shape index (κ1) is 17.5. The molecule has 0 radical (unpaired) electrons. The predicted octanol–water partition coefficient (Wildman–Crippen LogP) is 3.50. The molecule has 0 amide bonds. The van der Waals surface area contributed by atoms with Crippen LogP contribution in [0.2, 0.25) is 0 Å². The molecule has 1 N–H and O–H groups in total. The monoisotopic (exact) mass is 371 g/mol. The third-order valence-corrected chi connectivity index (χ3v) is 7.49. The third kappa shape index (κ3) is 2.77. The van der Waals surface area contributed by atoms with Crippen LogP contribution in [0.5, 0.6) is 0 Å². The number of aliphatic hydroxyl groups is 1. The first-order valence-corrected chi connectivity index (χ1v) is 10.4.